The molecular formula is C17H16ClN3O3S3. The van der Waals surface area contributed by atoms with Crippen LogP contribution in [0.2, 0.25) is 5.02 Å². The highest BCUT2D eigenvalue weighted by atomic mass is 35.5. The van der Waals surface area contributed by atoms with Crippen molar-refractivity contribution in [2.75, 3.05) is 11.9 Å². The lowest BCUT2D eigenvalue weighted by Crippen LogP contribution is -2.49. The second-order valence-electron chi connectivity index (χ2n) is 6.18. The molecule has 0 spiro atoms. The van der Waals surface area contributed by atoms with Gasteiger partial charge in [0.2, 0.25) is 5.91 Å². The molecule has 1 atom stereocenters. The van der Waals surface area contributed by atoms with Crippen LogP contribution in [0.4, 0.5) is 5.13 Å². The van der Waals surface area contributed by atoms with Crippen molar-refractivity contribution >= 4 is 65.6 Å². The molecule has 142 valence electrons. The van der Waals surface area contributed by atoms with E-state index in [4.69, 9.17) is 11.6 Å². The first-order valence-corrected chi connectivity index (χ1v) is 11.9. The Morgan fingerprint density at radius 2 is 2.15 bits per heavy atom. The molecule has 1 N–H and O–H groups in total. The quantitative estimate of drug-likeness (QED) is 0.658. The number of thiophene rings is 1. The van der Waals surface area contributed by atoms with E-state index >= 15 is 0 Å². The van der Waals surface area contributed by atoms with Crippen molar-refractivity contribution in [3.63, 3.8) is 0 Å². The predicted octanol–water partition coefficient (Wildman–Crippen LogP) is 4.19. The Morgan fingerprint density at radius 1 is 1.30 bits per heavy atom. The highest BCUT2D eigenvalue weighted by Crippen LogP contribution is 2.31. The van der Waals surface area contributed by atoms with Gasteiger partial charge in [0, 0.05) is 11.6 Å². The SMILES string of the molecule is O=C(Nc1nc2ccc(Cl)cc2s1)[C@H]1CCCCN1S(=O)(=O)c1cccs1. The number of fused-ring (bicyclic) bond motifs is 1. The Balaban J connectivity index is 1.58. The number of piperidine rings is 1. The van der Waals surface area contributed by atoms with Gasteiger partial charge >= 0.3 is 0 Å². The van der Waals surface area contributed by atoms with E-state index in [0.29, 0.717) is 23.1 Å². The Hall–Kier alpha value is -1.52. The van der Waals surface area contributed by atoms with Gasteiger partial charge in [-0.25, -0.2) is 13.4 Å². The van der Waals surface area contributed by atoms with Crippen molar-refractivity contribution in [3.8, 4) is 0 Å². The molecule has 1 aromatic carbocycles. The number of anilines is 1. The summed E-state index contributed by atoms with van der Waals surface area (Å²) in [6, 6.07) is 7.85. The van der Waals surface area contributed by atoms with E-state index in [1.54, 1.807) is 35.7 Å². The maximum absolute atomic E-state index is 12.9. The minimum atomic E-state index is -3.68. The van der Waals surface area contributed by atoms with Gasteiger partial charge < -0.3 is 5.32 Å². The number of halogens is 1. The Morgan fingerprint density at radius 3 is 2.93 bits per heavy atom. The Kier molecular flexibility index (Phi) is 5.21. The molecule has 27 heavy (non-hydrogen) atoms. The molecule has 1 saturated heterocycles. The zero-order chi connectivity index (χ0) is 19.0. The van der Waals surface area contributed by atoms with Crippen LogP contribution in [0.25, 0.3) is 10.2 Å². The van der Waals surface area contributed by atoms with E-state index < -0.39 is 16.1 Å². The average Bonchev–Trinajstić information content (AvgIpc) is 3.31. The summed E-state index contributed by atoms with van der Waals surface area (Å²) in [7, 11) is -3.68. The van der Waals surface area contributed by atoms with Crippen LogP contribution in [0, 0.1) is 0 Å². The third-order valence-electron chi connectivity index (χ3n) is 4.39. The summed E-state index contributed by atoms with van der Waals surface area (Å²) in [5.74, 6) is -0.347. The smallest absolute Gasteiger partial charge is 0.253 e. The van der Waals surface area contributed by atoms with Crippen molar-refractivity contribution in [1.82, 2.24) is 9.29 Å². The van der Waals surface area contributed by atoms with Gasteiger partial charge in [-0.3, -0.25) is 4.79 Å². The third-order valence-corrected chi connectivity index (χ3v) is 8.84. The van der Waals surface area contributed by atoms with E-state index in [1.165, 1.54) is 15.6 Å². The number of benzene rings is 1. The van der Waals surface area contributed by atoms with E-state index in [2.05, 4.69) is 10.3 Å². The van der Waals surface area contributed by atoms with E-state index in [-0.39, 0.29) is 10.1 Å². The van der Waals surface area contributed by atoms with Crippen LogP contribution < -0.4 is 5.32 Å². The normalized spacial score (nSPS) is 18.6. The van der Waals surface area contributed by atoms with E-state index in [0.717, 1.165) is 34.4 Å². The van der Waals surface area contributed by atoms with Gasteiger partial charge in [0.05, 0.1) is 10.2 Å². The van der Waals surface area contributed by atoms with Crippen LogP contribution in [0.5, 0.6) is 0 Å². The number of hydrogen-bond donors (Lipinski definition) is 1. The zero-order valence-corrected chi connectivity index (χ0v) is 17.3. The lowest BCUT2D eigenvalue weighted by molar-refractivity contribution is -0.120. The summed E-state index contributed by atoms with van der Waals surface area (Å²) < 4.78 is 28.3. The monoisotopic (exact) mass is 441 g/mol. The molecular weight excluding hydrogens is 426 g/mol. The highest BCUT2D eigenvalue weighted by Gasteiger charge is 2.38. The van der Waals surface area contributed by atoms with Crippen LogP contribution in [0.3, 0.4) is 0 Å². The maximum Gasteiger partial charge on any atom is 0.253 e. The van der Waals surface area contributed by atoms with Crippen LogP contribution in [0.1, 0.15) is 19.3 Å². The lowest BCUT2D eigenvalue weighted by atomic mass is 10.0. The van der Waals surface area contributed by atoms with Gasteiger partial charge in [-0.05, 0) is 42.5 Å². The molecule has 1 aliphatic heterocycles. The first kappa shape index (κ1) is 18.8. The number of carbonyl (C=O) groups excluding carboxylic acids is 1. The predicted molar refractivity (Wildman–Crippen MR) is 109 cm³/mol. The standard InChI is InChI=1S/C17H16ClN3O3S3/c18-11-6-7-12-14(10-11)26-17(19-12)20-16(22)13-4-1-2-8-21(13)27(23,24)15-5-3-9-25-15/h3,5-7,9-10,13H,1-2,4,8H2,(H,19,20,22)/t13-/m1/s1. The molecule has 3 heterocycles. The summed E-state index contributed by atoms with van der Waals surface area (Å²) in [5.41, 5.74) is 0.742. The van der Waals surface area contributed by atoms with E-state index in [1.807, 2.05) is 0 Å². The Labute approximate surface area is 169 Å². The number of hydrogen-bond acceptors (Lipinski definition) is 6. The number of amides is 1. The number of sulfonamides is 1. The number of nitrogens with zero attached hydrogens (tertiary/aromatic N) is 2. The molecule has 0 aliphatic carbocycles. The van der Waals surface area contributed by atoms with Gasteiger partial charge in [0.25, 0.3) is 10.0 Å². The molecule has 2 aromatic heterocycles. The van der Waals surface area contributed by atoms with Gasteiger partial charge in [-0.2, -0.15) is 4.31 Å². The van der Waals surface area contributed by atoms with Crippen LogP contribution >= 0.6 is 34.3 Å². The summed E-state index contributed by atoms with van der Waals surface area (Å²) in [6.45, 7) is 0.341. The molecule has 1 aliphatic rings. The van der Waals surface area contributed by atoms with Gasteiger partial charge in [-0.15, -0.1) is 11.3 Å². The van der Waals surface area contributed by atoms with Crippen LogP contribution in [-0.2, 0) is 14.8 Å². The van der Waals surface area contributed by atoms with Crippen LogP contribution in [-0.4, -0.2) is 36.2 Å². The van der Waals surface area contributed by atoms with Gasteiger partial charge in [0.15, 0.2) is 5.13 Å². The maximum atomic E-state index is 12.9. The van der Waals surface area contributed by atoms with Crippen molar-refractivity contribution < 1.29 is 13.2 Å². The van der Waals surface area contributed by atoms with Crippen molar-refractivity contribution in [3.05, 3.63) is 40.7 Å². The lowest BCUT2D eigenvalue weighted by Gasteiger charge is -2.32. The molecule has 10 heteroatoms. The fourth-order valence-corrected chi connectivity index (χ4v) is 7.04. The number of carbonyl (C=O) groups is 1. The largest absolute Gasteiger partial charge is 0.301 e. The number of rotatable bonds is 4. The molecule has 1 amide bonds. The summed E-state index contributed by atoms with van der Waals surface area (Å²) >= 11 is 8.47. The highest BCUT2D eigenvalue weighted by molar-refractivity contribution is 7.91. The molecule has 0 unspecified atom stereocenters. The molecule has 4 rings (SSSR count). The second-order valence-corrected chi connectivity index (χ2v) is 10.7. The molecule has 0 radical (unpaired) electrons. The fraction of sp³-hybridized carbons (Fsp3) is 0.294. The topological polar surface area (TPSA) is 79.4 Å². The summed E-state index contributed by atoms with van der Waals surface area (Å²) in [4.78, 5) is 17.3. The Bertz CT molecular complexity index is 1080. The third kappa shape index (κ3) is 3.74. The summed E-state index contributed by atoms with van der Waals surface area (Å²) in [5, 5.41) is 5.55. The number of nitrogens with one attached hydrogen (secondary N) is 1. The molecule has 3 aromatic rings. The van der Waals surface area contributed by atoms with E-state index in [9.17, 15) is 13.2 Å². The average molecular weight is 442 g/mol. The van der Waals surface area contributed by atoms with Crippen LogP contribution in [0.15, 0.2) is 39.9 Å². The minimum absolute atomic E-state index is 0.261. The second kappa shape index (κ2) is 7.48. The van der Waals surface area contributed by atoms with Gasteiger partial charge in [0.1, 0.15) is 10.3 Å². The first-order chi connectivity index (χ1) is 12.9. The zero-order valence-electron chi connectivity index (χ0n) is 14.1. The molecule has 1 fully saturated rings. The number of thiazole rings is 1. The molecule has 0 bridgehead atoms. The first-order valence-electron chi connectivity index (χ1n) is 8.37. The van der Waals surface area contributed by atoms with Gasteiger partial charge in [-0.1, -0.05) is 35.4 Å². The van der Waals surface area contributed by atoms with Crippen molar-refractivity contribution in [2.24, 2.45) is 0 Å². The van der Waals surface area contributed by atoms with Crippen molar-refractivity contribution in [1.29, 1.82) is 0 Å². The summed E-state index contributed by atoms with van der Waals surface area (Å²) in [6.07, 6.45) is 2.05. The fourth-order valence-electron chi connectivity index (χ4n) is 3.12. The van der Waals surface area contributed by atoms with Crippen molar-refractivity contribution in [2.45, 2.75) is 29.5 Å². The number of aromatic nitrogens is 1. The molecule has 6 nitrogen and oxygen atoms in total. The minimum Gasteiger partial charge on any atom is -0.301 e. The molecule has 0 saturated carbocycles.